The van der Waals surface area contributed by atoms with Crippen LogP contribution in [0.4, 0.5) is 0 Å². The second kappa shape index (κ2) is 8.60. The number of amides is 2. The van der Waals surface area contributed by atoms with Gasteiger partial charge in [-0.15, -0.1) is 0 Å². The SMILES string of the molecule is O=C(COc1ccc(Cl)cc1)NCC(=O)N/N=C/c1ccco1. The average Bonchev–Trinajstić information content (AvgIpc) is 3.06. The number of ether oxygens (including phenoxy) is 1. The Labute approximate surface area is 137 Å². The molecule has 0 unspecified atom stereocenters. The summed E-state index contributed by atoms with van der Waals surface area (Å²) in [5.74, 6) is 0.125. The molecular weight excluding hydrogens is 322 g/mol. The highest BCUT2D eigenvalue weighted by molar-refractivity contribution is 6.30. The third kappa shape index (κ3) is 6.23. The summed E-state index contributed by atoms with van der Waals surface area (Å²) in [5.41, 5.74) is 2.26. The molecule has 1 aromatic carbocycles. The van der Waals surface area contributed by atoms with Gasteiger partial charge in [0.05, 0.1) is 19.0 Å². The zero-order valence-corrected chi connectivity index (χ0v) is 12.7. The van der Waals surface area contributed by atoms with Crippen molar-refractivity contribution >= 4 is 29.6 Å². The highest BCUT2D eigenvalue weighted by Gasteiger charge is 2.05. The van der Waals surface area contributed by atoms with Crippen LogP contribution in [0.5, 0.6) is 5.75 Å². The van der Waals surface area contributed by atoms with E-state index in [1.807, 2.05) is 0 Å². The van der Waals surface area contributed by atoms with Crippen molar-refractivity contribution in [2.75, 3.05) is 13.2 Å². The Balaban J connectivity index is 1.63. The molecule has 0 bridgehead atoms. The summed E-state index contributed by atoms with van der Waals surface area (Å²) in [5, 5.41) is 6.67. The summed E-state index contributed by atoms with van der Waals surface area (Å²) < 4.78 is 10.2. The van der Waals surface area contributed by atoms with Crippen LogP contribution in [0.2, 0.25) is 5.02 Å². The van der Waals surface area contributed by atoms with Gasteiger partial charge in [-0.05, 0) is 36.4 Å². The molecule has 1 heterocycles. The second-order valence-corrected chi connectivity index (χ2v) is 4.76. The number of halogens is 1. The normalized spacial score (nSPS) is 10.5. The van der Waals surface area contributed by atoms with E-state index in [-0.39, 0.29) is 13.2 Å². The van der Waals surface area contributed by atoms with Crippen molar-refractivity contribution in [1.82, 2.24) is 10.7 Å². The highest BCUT2D eigenvalue weighted by Crippen LogP contribution is 2.15. The maximum Gasteiger partial charge on any atom is 0.259 e. The van der Waals surface area contributed by atoms with E-state index in [1.165, 1.54) is 12.5 Å². The van der Waals surface area contributed by atoms with Gasteiger partial charge in [0.15, 0.2) is 6.61 Å². The van der Waals surface area contributed by atoms with Gasteiger partial charge in [-0.1, -0.05) is 11.6 Å². The Bertz CT molecular complexity index is 669. The van der Waals surface area contributed by atoms with Crippen LogP contribution >= 0.6 is 11.6 Å². The minimum Gasteiger partial charge on any atom is -0.484 e. The first-order chi connectivity index (χ1) is 11.1. The number of hydrogen-bond donors (Lipinski definition) is 2. The van der Waals surface area contributed by atoms with Crippen LogP contribution in [0.1, 0.15) is 5.76 Å². The molecule has 0 aliphatic rings. The molecule has 0 saturated carbocycles. The lowest BCUT2D eigenvalue weighted by atomic mass is 10.3. The minimum atomic E-state index is -0.465. The number of furan rings is 1. The molecule has 0 aliphatic carbocycles. The van der Waals surface area contributed by atoms with Gasteiger partial charge in [0.1, 0.15) is 11.5 Å². The van der Waals surface area contributed by atoms with Crippen molar-refractivity contribution < 1.29 is 18.7 Å². The van der Waals surface area contributed by atoms with Crippen molar-refractivity contribution in [2.24, 2.45) is 5.10 Å². The van der Waals surface area contributed by atoms with Crippen LogP contribution in [0, 0.1) is 0 Å². The highest BCUT2D eigenvalue weighted by atomic mass is 35.5. The quantitative estimate of drug-likeness (QED) is 0.593. The Morgan fingerprint density at radius 3 is 2.70 bits per heavy atom. The standard InChI is InChI=1S/C15H14ClN3O4/c16-11-3-5-12(6-4-11)23-10-15(21)17-9-14(20)19-18-8-13-2-1-7-22-13/h1-8H,9-10H2,(H,17,21)(H,19,20)/b18-8+. The van der Waals surface area contributed by atoms with E-state index >= 15 is 0 Å². The number of benzene rings is 1. The van der Waals surface area contributed by atoms with Gasteiger partial charge >= 0.3 is 0 Å². The molecule has 2 rings (SSSR count). The molecular formula is C15H14ClN3O4. The molecule has 0 fully saturated rings. The number of nitrogens with one attached hydrogen (secondary N) is 2. The molecule has 8 heteroatoms. The Morgan fingerprint density at radius 1 is 1.22 bits per heavy atom. The monoisotopic (exact) mass is 335 g/mol. The number of carbonyl (C=O) groups excluding carboxylic acids is 2. The molecule has 1 aromatic heterocycles. The summed E-state index contributed by atoms with van der Waals surface area (Å²) >= 11 is 5.74. The van der Waals surface area contributed by atoms with Gasteiger partial charge in [0.2, 0.25) is 0 Å². The van der Waals surface area contributed by atoms with Crippen LogP contribution in [0.3, 0.4) is 0 Å². The first-order valence-electron chi connectivity index (χ1n) is 6.64. The zero-order chi connectivity index (χ0) is 16.5. The van der Waals surface area contributed by atoms with E-state index in [4.69, 9.17) is 20.8 Å². The first-order valence-corrected chi connectivity index (χ1v) is 7.02. The summed E-state index contributed by atoms with van der Waals surface area (Å²) in [6, 6.07) is 9.98. The fraction of sp³-hybridized carbons (Fsp3) is 0.133. The molecule has 2 aromatic rings. The van der Waals surface area contributed by atoms with Gasteiger partial charge in [-0.25, -0.2) is 5.43 Å². The van der Waals surface area contributed by atoms with Gasteiger partial charge in [-0.2, -0.15) is 5.10 Å². The van der Waals surface area contributed by atoms with Crippen molar-refractivity contribution in [1.29, 1.82) is 0 Å². The molecule has 2 amide bonds. The fourth-order valence-electron chi connectivity index (χ4n) is 1.48. The molecule has 0 aliphatic heterocycles. The predicted octanol–water partition coefficient (Wildman–Crippen LogP) is 1.58. The van der Waals surface area contributed by atoms with Gasteiger partial charge < -0.3 is 14.5 Å². The lowest BCUT2D eigenvalue weighted by Gasteiger charge is -2.06. The van der Waals surface area contributed by atoms with Crippen molar-refractivity contribution in [3.8, 4) is 5.75 Å². The van der Waals surface area contributed by atoms with Gasteiger partial charge in [-0.3, -0.25) is 9.59 Å². The molecule has 0 spiro atoms. The Morgan fingerprint density at radius 2 is 2.00 bits per heavy atom. The smallest absolute Gasteiger partial charge is 0.259 e. The van der Waals surface area contributed by atoms with Gasteiger partial charge in [0, 0.05) is 5.02 Å². The van der Waals surface area contributed by atoms with Crippen LogP contribution in [-0.2, 0) is 9.59 Å². The number of nitrogens with zero attached hydrogens (tertiary/aromatic N) is 1. The summed E-state index contributed by atoms with van der Waals surface area (Å²) in [4.78, 5) is 23.0. The van der Waals surface area contributed by atoms with Crippen LogP contribution < -0.4 is 15.5 Å². The topological polar surface area (TPSA) is 92.9 Å². The largest absolute Gasteiger partial charge is 0.484 e. The Kier molecular flexibility index (Phi) is 6.19. The number of carbonyl (C=O) groups is 2. The van der Waals surface area contributed by atoms with E-state index in [9.17, 15) is 9.59 Å². The van der Waals surface area contributed by atoms with Crippen molar-refractivity contribution in [2.45, 2.75) is 0 Å². The predicted molar refractivity (Wildman–Crippen MR) is 84.4 cm³/mol. The summed E-state index contributed by atoms with van der Waals surface area (Å²) in [7, 11) is 0. The van der Waals surface area contributed by atoms with E-state index in [0.29, 0.717) is 16.5 Å². The molecule has 23 heavy (non-hydrogen) atoms. The second-order valence-electron chi connectivity index (χ2n) is 4.33. The molecule has 0 atom stereocenters. The maximum atomic E-state index is 11.6. The van der Waals surface area contributed by atoms with E-state index < -0.39 is 11.8 Å². The lowest BCUT2D eigenvalue weighted by molar-refractivity contribution is -0.127. The number of rotatable bonds is 7. The van der Waals surface area contributed by atoms with Crippen molar-refractivity contribution in [3.05, 3.63) is 53.4 Å². The fourth-order valence-corrected chi connectivity index (χ4v) is 1.61. The maximum absolute atomic E-state index is 11.6. The first kappa shape index (κ1) is 16.6. The third-order valence-corrected chi connectivity index (χ3v) is 2.81. The van der Waals surface area contributed by atoms with Gasteiger partial charge in [0.25, 0.3) is 11.8 Å². The average molecular weight is 336 g/mol. The lowest BCUT2D eigenvalue weighted by Crippen LogP contribution is -2.37. The van der Waals surface area contributed by atoms with E-state index in [1.54, 1.807) is 36.4 Å². The molecule has 0 saturated heterocycles. The van der Waals surface area contributed by atoms with E-state index in [2.05, 4.69) is 15.8 Å². The van der Waals surface area contributed by atoms with Crippen LogP contribution in [0.15, 0.2) is 52.2 Å². The molecule has 0 radical (unpaired) electrons. The Hall–Kier alpha value is -2.80. The molecule has 7 nitrogen and oxygen atoms in total. The third-order valence-electron chi connectivity index (χ3n) is 2.55. The molecule has 120 valence electrons. The van der Waals surface area contributed by atoms with Crippen molar-refractivity contribution in [3.63, 3.8) is 0 Å². The number of hydrogen-bond acceptors (Lipinski definition) is 5. The summed E-state index contributed by atoms with van der Waals surface area (Å²) in [6.07, 6.45) is 2.84. The number of hydrazone groups is 1. The van der Waals surface area contributed by atoms with Crippen LogP contribution in [-0.4, -0.2) is 31.2 Å². The zero-order valence-electron chi connectivity index (χ0n) is 12.0. The van der Waals surface area contributed by atoms with Crippen LogP contribution in [0.25, 0.3) is 0 Å². The minimum absolute atomic E-state index is 0.204. The van der Waals surface area contributed by atoms with E-state index in [0.717, 1.165) is 0 Å². The summed E-state index contributed by atoms with van der Waals surface area (Å²) in [6.45, 7) is -0.414. The molecule has 2 N–H and O–H groups in total.